The van der Waals surface area contributed by atoms with Crippen LogP contribution in [0.5, 0.6) is 0 Å². The first-order valence-electron chi connectivity index (χ1n) is 18.1. The minimum Gasteiger partial charge on any atom is -0.461 e. The van der Waals surface area contributed by atoms with Gasteiger partial charge in [-0.05, 0) is 55.6 Å². The van der Waals surface area contributed by atoms with Crippen LogP contribution in [-0.4, -0.2) is 90.7 Å². The summed E-state index contributed by atoms with van der Waals surface area (Å²) in [5.41, 5.74) is -2.31. The first kappa shape index (κ1) is 35.2. The predicted octanol–water partition coefficient (Wildman–Crippen LogP) is 3.96. The number of aldehydes is 1. The van der Waals surface area contributed by atoms with Crippen LogP contribution < -0.4 is 0 Å². The van der Waals surface area contributed by atoms with E-state index in [1.54, 1.807) is 60.7 Å². The Morgan fingerprint density at radius 2 is 1.32 bits per heavy atom. The van der Waals surface area contributed by atoms with E-state index in [2.05, 4.69) is 11.5 Å². The van der Waals surface area contributed by atoms with E-state index < -0.39 is 112 Å². The lowest BCUT2D eigenvalue weighted by Gasteiger charge is -2.70. The molecule has 2 heterocycles. The summed E-state index contributed by atoms with van der Waals surface area (Å²) in [5, 5.41) is 0. The number of ether oxygens (including phenoxy) is 5. The molecule has 0 radical (unpaired) electrons. The quantitative estimate of drug-likeness (QED) is 0.168. The summed E-state index contributed by atoms with van der Waals surface area (Å²) in [6, 6.07) is 16.1. The third kappa shape index (κ3) is 4.63. The molecule has 8 fully saturated rings. The van der Waals surface area contributed by atoms with E-state index in [9.17, 15) is 28.8 Å². The van der Waals surface area contributed by atoms with Gasteiger partial charge in [-0.15, -0.1) is 0 Å². The first-order valence-corrected chi connectivity index (χ1v) is 18.1. The van der Waals surface area contributed by atoms with E-state index in [1.807, 2.05) is 14.0 Å². The maximum absolute atomic E-state index is 14.0. The number of hydrogen-bond acceptors (Lipinski definition) is 12. The summed E-state index contributed by atoms with van der Waals surface area (Å²) in [7, 11) is 1.91. The highest BCUT2D eigenvalue weighted by molar-refractivity contribution is 5.90. The third-order valence-electron chi connectivity index (χ3n) is 13.5. The van der Waals surface area contributed by atoms with Gasteiger partial charge in [-0.25, -0.2) is 9.59 Å². The highest BCUT2D eigenvalue weighted by atomic mass is 16.6. The van der Waals surface area contributed by atoms with E-state index in [1.165, 1.54) is 20.8 Å². The zero-order chi connectivity index (χ0) is 37.8. The van der Waals surface area contributed by atoms with Crippen molar-refractivity contribution in [2.45, 2.75) is 83.1 Å². The molecule has 278 valence electrons. The van der Waals surface area contributed by atoms with Crippen molar-refractivity contribution < 1.29 is 52.5 Å². The standard InChI is InChI=1S/C41H43NO11/c1-20-27-30(53-38(48)25-15-11-8-12-16-25)28-34-40-18-26(52-37(47)24-13-9-7-10-14-24)17-39(5,19-43)32(40)29(42(34)6)36(51-23(4)46)41(28,35(20)50-22(3)45)33(40)31(27)49-21(2)44/h7-16,19,26-36H,1,17-18H2,2-6H3/t26-,27-,28+,29+,30?,31+,32+,33-,34+,35-,36-,39-,40-,41-/m0/s1. The van der Waals surface area contributed by atoms with Gasteiger partial charge in [-0.1, -0.05) is 49.9 Å². The molecule has 12 nitrogen and oxygen atoms in total. The molecule has 2 spiro atoms. The van der Waals surface area contributed by atoms with Crippen LogP contribution in [-0.2, 0) is 42.9 Å². The highest BCUT2D eigenvalue weighted by Gasteiger charge is 2.94. The van der Waals surface area contributed by atoms with Crippen LogP contribution in [0.2, 0.25) is 0 Å². The van der Waals surface area contributed by atoms with E-state index in [0.29, 0.717) is 16.7 Å². The Bertz CT molecular complexity index is 1920. The minimum absolute atomic E-state index is 0.198. The molecule has 53 heavy (non-hydrogen) atoms. The Morgan fingerprint density at radius 3 is 1.87 bits per heavy atom. The lowest BCUT2D eigenvalue weighted by molar-refractivity contribution is -0.302. The number of piperidine rings is 1. The molecule has 14 atom stereocenters. The zero-order valence-electron chi connectivity index (χ0n) is 30.3. The number of nitrogens with zero attached hydrogens (tertiary/aromatic N) is 1. The fourth-order valence-electron chi connectivity index (χ4n) is 12.7. The van der Waals surface area contributed by atoms with Crippen molar-refractivity contribution in [3.05, 3.63) is 83.9 Å². The monoisotopic (exact) mass is 725 g/mol. The van der Waals surface area contributed by atoms with Crippen LogP contribution in [0.4, 0.5) is 0 Å². The number of carbonyl (C=O) groups is 6. The van der Waals surface area contributed by atoms with Gasteiger partial charge in [0.05, 0.1) is 28.5 Å². The summed E-state index contributed by atoms with van der Waals surface area (Å²) in [5.74, 6) is -5.59. The normalized spacial score (nSPS) is 41.2. The number of likely N-dealkylation sites (N-methyl/N-ethyl adjacent to an activating group) is 1. The Kier molecular flexibility index (Phi) is 8.03. The van der Waals surface area contributed by atoms with Gasteiger partial charge < -0.3 is 28.5 Å². The molecule has 8 aliphatic rings. The fraction of sp³-hybridized carbons (Fsp3) is 0.512. The Hall–Kier alpha value is -4.84. The maximum atomic E-state index is 14.0. The molecule has 0 amide bonds. The van der Waals surface area contributed by atoms with Gasteiger partial charge in [-0.2, -0.15) is 0 Å². The summed E-state index contributed by atoms with van der Waals surface area (Å²) in [6.45, 7) is 10.2. The topological polar surface area (TPSA) is 152 Å². The van der Waals surface area contributed by atoms with Crippen molar-refractivity contribution in [2.24, 2.45) is 39.9 Å². The zero-order valence-corrected chi connectivity index (χ0v) is 30.3. The smallest absolute Gasteiger partial charge is 0.338 e. The molecule has 2 saturated heterocycles. The molecule has 0 aromatic heterocycles. The number of benzene rings is 2. The van der Waals surface area contributed by atoms with E-state index in [-0.39, 0.29) is 12.8 Å². The van der Waals surface area contributed by atoms with E-state index in [4.69, 9.17) is 23.7 Å². The molecule has 6 saturated carbocycles. The van der Waals surface area contributed by atoms with Crippen molar-refractivity contribution in [3.63, 3.8) is 0 Å². The van der Waals surface area contributed by atoms with Crippen LogP contribution in [0.3, 0.4) is 0 Å². The molecule has 1 unspecified atom stereocenters. The van der Waals surface area contributed by atoms with E-state index >= 15 is 0 Å². The molecular weight excluding hydrogens is 682 g/mol. The van der Waals surface area contributed by atoms with Gasteiger partial charge in [-0.3, -0.25) is 19.3 Å². The molecule has 10 rings (SSSR count). The largest absolute Gasteiger partial charge is 0.461 e. The van der Waals surface area contributed by atoms with E-state index in [0.717, 1.165) is 6.29 Å². The molecular formula is C41H43NO11. The van der Waals surface area contributed by atoms with Gasteiger partial charge in [0.1, 0.15) is 36.8 Å². The van der Waals surface area contributed by atoms with Gasteiger partial charge in [0, 0.05) is 49.5 Å². The van der Waals surface area contributed by atoms with Gasteiger partial charge >= 0.3 is 29.8 Å². The molecule has 2 aromatic rings. The number of carbonyl (C=O) groups excluding carboxylic acids is 6. The number of hydrogen-bond donors (Lipinski definition) is 0. The second-order valence-electron chi connectivity index (χ2n) is 16.0. The number of esters is 5. The van der Waals surface area contributed by atoms with Crippen molar-refractivity contribution in [1.82, 2.24) is 4.90 Å². The second-order valence-corrected chi connectivity index (χ2v) is 16.0. The number of rotatable bonds is 8. The maximum Gasteiger partial charge on any atom is 0.338 e. The predicted molar refractivity (Wildman–Crippen MR) is 185 cm³/mol. The first-order chi connectivity index (χ1) is 25.2. The molecule has 6 aliphatic carbocycles. The van der Waals surface area contributed by atoms with Gasteiger partial charge in [0.2, 0.25) is 0 Å². The van der Waals surface area contributed by atoms with Gasteiger partial charge in [0.25, 0.3) is 0 Å². The van der Waals surface area contributed by atoms with Crippen molar-refractivity contribution in [1.29, 1.82) is 0 Å². The summed E-state index contributed by atoms with van der Waals surface area (Å²) in [6.07, 6.45) is -3.35. The lowest BCUT2D eigenvalue weighted by atomic mass is 9.37. The van der Waals surface area contributed by atoms with Crippen molar-refractivity contribution in [2.75, 3.05) is 7.05 Å². The van der Waals surface area contributed by atoms with Crippen LogP contribution >= 0.6 is 0 Å². The van der Waals surface area contributed by atoms with Crippen LogP contribution in [0, 0.1) is 39.9 Å². The average Bonchev–Trinajstić information content (AvgIpc) is 3.41. The summed E-state index contributed by atoms with van der Waals surface area (Å²) >= 11 is 0. The fourth-order valence-corrected chi connectivity index (χ4v) is 12.7. The molecule has 12 heteroatoms. The SMILES string of the molecule is C=C1[C@H]2C(OC(=O)c3ccccc3)[C@@H]3[C@H]4N(C)[C@H]5[C@H](OC(C)=O)[C@]3([C@H]1OC(C)=O)[C@@H]([C@@H]2OC(C)=O)[C@@]41C[C@@H](OC(=O)c2ccccc2)C[C@@](C)(C=O)[C@@H]51. The average molecular weight is 726 g/mol. The minimum atomic E-state index is -1.31. The Labute approximate surface area is 307 Å². The number of fused-ring (bicyclic) bond motifs is 1. The van der Waals surface area contributed by atoms with Gasteiger partial charge in [0.15, 0.2) is 0 Å². The van der Waals surface area contributed by atoms with Crippen LogP contribution in [0.25, 0.3) is 0 Å². The second kappa shape index (κ2) is 12.1. The molecule has 2 aromatic carbocycles. The highest BCUT2D eigenvalue weighted by Crippen LogP contribution is 2.85. The Morgan fingerprint density at radius 1 is 0.755 bits per heavy atom. The van der Waals surface area contributed by atoms with Crippen molar-refractivity contribution in [3.8, 4) is 0 Å². The van der Waals surface area contributed by atoms with Crippen molar-refractivity contribution >= 4 is 36.1 Å². The summed E-state index contributed by atoms with van der Waals surface area (Å²) < 4.78 is 31.7. The third-order valence-corrected chi connectivity index (χ3v) is 13.5. The lowest BCUT2D eigenvalue weighted by Crippen LogP contribution is -2.80. The van der Waals surface area contributed by atoms with Crippen LogP contribution in [0.1, 0.15) is 61.3 Å². The van der Waals surface area contributed by atoms with Crippen LogP contribution in [0.15, 0.2) is 72.8 Å². The molecule has 2 aliphatic heterocycles. The Balaban J connectivity index is 1.37. The molecule has 7 bridgehead atoms. The molecule has 0 N–H and O–H groups in total. The summed E-state index contributed by atoms with van der Waals surface area (Å²) in [4.78, 5) is 82.6.